The first kappa shape index (κ1) is 19.3. The van der Waals surface area contributed by atoms with E-state index in [1.807, 2.05) is 0 Å². The van der Waals surface area contributed by atoms with E-state index in [0.29, 0.717) is 22.0 Å². The molecule has 1 aliphatic heterocycles. The molecule has 6 heteroatoms. The van der Waals surface area contributed by atoms with Crippen molar-refractivity contribution < 1.29 is 9.53 Å². The standard InChI is InChI=1S/C20H30ClN3O2/c1-26-19-12-18(22)17(21)11-16(19)20(25)23-15-7-9-24(10-8-15)13-14-5-3-2-4-6-14/h11-12,14-15H,2-10,13,22H2,1H3,(H,23,25). The number of likely N-dealkylation sites (tertiary alicyclic amines) is 1. The van der Waals surface area contributed by atoms with E-state index in [-0.39, 0.29) is 11.9 Å². The van der Waals surface area contributed by atoms with E-state index in [1.165, 1.54) is 45.8 Å². The molecule has 26 heavy (non-hydrogen) atoms. The van der Waals surface area contributed by atoms with Crippen LogP contribution < -0.4 is 15.8 Å². The van der Waals surface area contributed by atoms with Crippen molar-refractivity contribution >= 4 is 23.2 Å². The molecule has 1 saturated heterocycles. The third kappa shape index (κ3) is 4.83. The molecule has 1 saturated carbocycles. The molecule has 1 amide bonds. The average Bonchev–Trinajstić information content (AvgIpc) is 2.66. The summed E-state index contributed by atoms with van der Waals surface area (Å²) in [5, 5.41) is 3.51. The number of nitrogen functional groups attached to an aromatic ring is 1. The highest BCUT2D eigenvalue weighted by Crippen LogP contribution is 2.29. The molecule has 0 unspecified atom stereocenters. The second-order valence-electron chi connectivity index (χ2n) is 7.63. The monoisotopic (exact) mass is 379 g/mol. The van der Waals surface area contributed by atoms with Crippen LogP contribution in [0.4, 0.5) is 5.69 Å². The summed E-state index contributed by atoms with van der Waals surface area (Å²) < 4.78 is 5.29. The molecule has 0 spiro atoms. The summed E-state index contributed by atoms with van der Waals surface area (Å²) in [6, 6.07) is 3.39. The number of benzene rings is 1. The zero-order valence-corrected chi connectivity index (χ0v) is 16.4. The van der Waals surface area contributed by atoms with Gasteiger partial charge in [-0.15, -0.1) is 0 Å². The molecule has 3 N–H and O–H groups in total. The van der Waals surface area contributed by atoms with Crippen molar-refractivity contribution in [1.82, 2.24) is 10.2 Å². The lowest BCUT2D eigenvalue weighted by atomic mass is 9.88. The summed E-state index contributed by atoms with van der Waals surface area (Å²) in [5.41, 5.74) is 6.65. The first-order chi connectivity index (χ1) is 12.6. The van der Waals surface area contributed by atoms with Gasteiger partial charge < -0.3 is 20.7 Å². The molecule has 0 atom stereocenters. The number of hydrogen-bond acceptors (Lipinski definition) is 4. The number of nitrogens with one attached hydrogen (secondary N) is 1. The first-order valence-electron chi connectivity index (χ1n) is 9.73. The number of rotatable bonds is 5. The van der Waals surface area contributed by atoms with Crippen molar-refractivity contribution in [2.24, 2.45) is 5.92 Å². The Morgan fingerprint density at radius 2 is 1.92 bits per heavy atom. The highest BCUT2D eigenvalue weighted by Gasteiger charge is 2.25. The normalized spacial score (nSPS) is 20.1. The summed E-state index contributed by atoms with van der Waals surface area (Å²) in [7, 11) is 1.53. The quantitative estimate of drug-likeness (QED) is 0.765. The number of nitrogens with zero attached hydrogens (tertiary/aromatic N) is 1. The van der Waals surface area contributed by atoms with Gasteiger partial charge in [0.15, 0.2) is 0 Å². The minimum absolute atomic E-state index is 0.144. The Kier molecular flexibility index (Phi) is 6.65. The molecule has 3 rings (SSSR count). The number of carbonyl (C=O) groups is 1. The summed E-state index contributed by atoms with van der Waals surface area (Å²) in [5.74, 6) is 1.18. The zero-order valence-electron chi connectivity index (χ0n) is 15.6. The van der Waals surface area contributed by atoms with Crippen molar-refractivity contribution in [1.29, 1.82) is 0 Å². The molecule has 144 valence electrons. The van der Waals surface area contributed by atoms with E-state index in [4.69, 9.17) is 22.1 Å². The Morgan fingerprint density at radius 1 is 1.23 bits per heavy atom. The Balaban J connectivity index is 1.51. The number of methoxy groups -OCH3 is 1. The van der Waals surface area contributed by atoms with Gasteiger partial charge in [-0.25, -0.2) is 0 Å². The van der Waals surface area contributed by atoms with Crippen LogP contribution in [0.25, 0.3) is 0 Å². The summed E-state index contributed by atoms with van der Waals surface area (Å²) in [4.78, 5) is 15.2. The molecular weight excluding hydrogens is 350 g/mol. The van der Waals surface area contributed by atoms with Crippen LogP contribution in [0.1, 0.15) is 55.3 Å². The van der Waals surface area contributed by atoms with Gasteiger partial charge in [-0.05, 0) is 37.7 Å². The molecule has 1 aromatic carbocycles. The third-order valence-corrected chi connectivity index (χ3v) is 6.05. The van der Waals surface area contributed by atoms with Gasteiger partial charge in [-0.1, -0.05) is 30.9 Å². The maximum Gasteiger partial charge on any atom is 0.255 e. The van der Waals surface area contributed by atoms with Crippen molar-refractivity contribution in [3.63, 3.8) is 0 Å². The number of carbonyl (C=O) groups excluding carboxylic acids is 1. The van der Waals surface area contributed by atoms with Gasteiger partial charge in [0.05, 0.1) is 23.4 Å². The number of amides is 1. The van der Waals surface area contributed by atoms with Crippen molar-refractivity contribution in [3.05, 3.63) is 22.7 Å². The minimum Gasteiger partial charge on any atom is -0.496 e. The van der Waals surface area contributed by atoms with Crippen LogP contribution in [0, 0.1) is 5.92 Å². The molecule has 2 fully saturated rings. The Morgan fingerprint density at radius 3 is 2.58 bits per heavy atom. The summed E-state index contributed by atoms with van der Waals surface area (Å²) in [6.07, 6.45) is 8.94. The third-order valence-electron chi connectivity index (χ3n) is 5.73. The minimum atomic E-state index is -0.144. The van der Waals surface area contributed by atoms with Gasteiger partial charge in [0, 0.05) is 31.7 Å². The van der Waals surface area contributed by atoms with Gasteiger partial charge in [0.2, 0.25) is 0 Å². The lowest BCUT2D eigenvalue weighted by Crippen LogP contribution is -2.46. The molecule has 1 aliphatic carbocycles. The van der Waals surface area contributed by atoms with E-state index < -0.39 is 0 Å². The van der Waals surface area contributed by atoms with Gasteiger partial charge in [0.25, 0.3) is 5.91 Å². The predicted molar refractivity (Wildman–Crippen MR) is 106 cm³/mol. The van der Waals surface area contributed by atoms with Gasteiger partial charge in [-0.3, -0.25) is 4.79 Å². The second kappa shape index (κ2) is 8.96. The molecule has 0 bridgehead atoms. The maximum atomic E-state index is 12.7. The van der Waals surface area contributed by atoms with E-state index in [2.05, 4.69) is 10.2 Å². The van der Waals surface area contributed by atoms with Crippen LogP contribution in [-0.2, 0) is 0 Å². The number of nitrogens with two attached hydrogens (primary N) is 1. The number of ether oxygens (including phenoxy) is 1. The van der Waals surface area contributed by atoms with Crippen LogP contribution in [0.5, 0.6) is 5.75 Å². The van der Waals surface area contributed by atoms with Crippen LogP contribution in [0.15, 0.2) is 12.1 Å². The molecule has 0 aromatic heterocycles. The lowest BCUT2D eigenvalue weighted by molar-refractivity contribution is 0.0898. The highest BCUT2D eigenvalue weighted by atomic mass is 35.5. The topological polar surface area (TPSA) is 67.6 Å². The molecule has 5 nitrogen and oxygen atoms in total. The van der Waals surface area contributed by atoms with E-state index in [1.54, 1.807) is 12.1 Å². The van der Waals surface area contributed by atoms with Crippen LogP contribution in [0.3, 0.4) is 0 Å². The van der Waals surface area contributed by atoms with Crippen LogP contribution in [0.2, 0.25) is 5.02 Å². The smallest absolute Gasteiger partial charge is 0.255 e. The fourth-order valence-corrected chi connectivity index (χ4v) is 4.34. The van der Waals surface area contributed by atoms with Gasteiger partial charge >= 0.3 is 0 Å². The van der Waals surface area contributed by atoms with Crippen LogP contribution in [-0.4, -0.2) is 43.6 Å². The molecular formula is C20H30ClN3O2. The van der Waals surface area contributed by atoms with Gasteiger partial charge in [0.1, 0.15) is 5.75 Å². The van der Waals surface area contributed by atoms with E-state index >= 15 is 0 Å². The first-order valence-corrected chi connectivity index (χ1v) is 10.1. The maximum absolute atomic E-state index is 12.7. The molecule has 1 aromatic rings. The summed E-state index contributed by atoms with van der Waals surface area (Å²) in [6.45, 7) is 3.34. The summed E-state index contributed by atoms with van der Waals surface area (Å²) >= 11 is 6.07. The van der Waals surface area contributed by atoms with Crippen molar-refractivity contribution in [2.45, 2.75) is 51.0 Å². The average molecular weight is 380 g/mol. The lowest BCUT2D eigenvalue weighted by Gasteiger charge is -2.35. The molecule has 1 heterocycles. The van der Waals surface area contributed by atoms with Crippen LogP contribution >= 0.6 is 11.6 Å². The molecule has 2 aliphatic rings. The van der Waals surface area contributed by atoms with Crippen molar-refractivity contribution in [3.8, 4) is 5.75 Å². The van der Waals surface area contributed by atoms with Gasteiger partial charge in [-0.2, -0.15) is 0 Å². The second-order valence-corrected chi connectivity index (χ2v) is 8.03. The zero-order chi connectivity index (χ0) is 18.5. The Hall–Kier alpha value is -1.46. The fourth-order valence-electron chi connectivity index (χ4n) is 4.17. The number of hydrogen-bond donors (Lipinski definition) is 2. The van der Waals surface area contributed by atoms with E-state index in [0.717, 1.165) is 31.8 Å². The molecule has 0 radical (unpaired) electrons. The number of piperidine rings is 1. The number of anilines is 1. The largest absolute Gasteiger partial charge is 0.496 e. The Bertz CT molecular complexity index is 624. The fraction of sp³-hybridized carbons (Fsp3) is 0.650. The van der Waals surface area contributed by atoms with E-state index in [9.17, 15) is 4.79 Å². The Labute approximate surface area is 161 Å². The number of halogens is 1. The van der Waals surface area contributed by atoms with Crippen molar-refractivity contribution in [2.75, 3.05) is 32.5 Å². The highest BCUT2D eigenvalue weighted by molar-refractivity contribution is 6.33. The SMILES string of the molecule is COc1cc(N)c(Cl)cc1C(=O)NC1CCN(CC2CCCCC2)CC1. The predicted octanol–water partition coefficient (Wildman–Crippen LogP) is 3.71.